The molecule has 0 bridgehead atoms. The molecule has 0 fully saturated rings. The fourth-order valence-corrected chi connectivity index (χ4v) is 6.35. The summed E-state index contributed by atoms with van der Waals surface area (Å²) in [6.07, 6.45) is 1.10. The molecule has 1 atom stereocenters. The highest BCUT2D eigenvalue weighted by Gasteiger charge is 2.47. The van der Waals surface area contributed by atoms with Crippen LogP contribution < -0.4 is 10.6 Å². The van der Waals surface area contributed by atoms with Crippen molar-refractivity contribution in [3.63, 3.8) is 0 Å². The van der Waals surface area contributed by atoms with Crippen molar-refractivity contribution in [2.24, 2.45) is 11.1 Å². The summed E-state index contributed by atoms with van der Waals surface area (Å²) < 4.78 is 6.43. The smallest absolute Gasteiger partial charge is 0.338 e. The van der Waals surface area contributed by atoms with Gasteiger partial charge in [-0.3, -0.25) is 9.69 Å². The number of anilines is 1. The van der Waals surface area contributed by atoms with E-state index in [1.807, 2.05) is 35.2 Å². The molecule has 4 rings (SSSR count). The monoisotopic (exact) mass is 556 g/mol. The summed E-state index contributed by atoms with van der Waals surface area (Å²) in [5.41, 5.74) is 9.25. The van der Waals surface area contributed by atoms with Crippen molar-refractivity contribution in [1.82, 2.24) is 0 Å². The Bertz CT molecular complexity index is 1230. The second-order valence-corrected chi connectivity index (χ2v) is 13.0. The Hall–Kier alpha value is -2.38. The number of benzene rings is 1. The third-order valence-corrected chi connectivity index (χ3v) is 8.60. The number of nitrogens with two attached hydrogens (primary N) is 1. The van der Waals surface area contributed by atoms with Gasteiger partial charge in [-0.2, -0.15) is 0 Å². The van der Waals surface area contributed by atoms with E-state index in [1.54, 1.807) is 18.3 Å². The van der Waals surface area contributed by atoms with E-state index in [2.05, 4.69) is 56.6 Å². The summed E-state index contributed by atoms with van der Waals surface area (Å²) in [5.74, 6) is -0.637. The molecule has 0 saturated carbocycles. The first-order valence-electron chi connectivity index (χ1n) is 11.9. The molecule has 7 heteroatoms. The highest BCUT2D eigenvalue weighted by atomic mass is 79.9. The van der Waals surface area contributed by atoms with Gasteiger partial charge in [0.15, 0.2) is 5.78 Å². The zero-order chi connectivity index (χ0) is 25.7. The molecule has 1 aromatic heterocycles. The first-order chi connectivity index (χ1) is 16.3. The number of Topliss-reactive ketones (excluding diaryl/α,β-unsaturated/α-hetero) is 1. The Morgan fingerprint density at radius 1 is 1.17 bits per heavy atom. The van der Waals surface area contributed by atoms with Crippen molar-refractivity contribution in [2.75, 3.05) is 11.5 Å². The summed E-state index contributed by atoms with van der Waals surface area (Å²) in [6, 6.07) is 11.9. The normalized spacial score (nSPS) is 20.3. The fraction of sp³-hybridized carbons (Fsp3) is 0.429. The van der Waals surface area contributed by atoms with E-state index in [0.717, 1.165) is 20.7 Å². The zero-order valence-corrected chi connectivity index (χ0v) is 23.6. The van der Waals surface area contributed by atoms with E-state index in [-0.39, 0.29) is 23.2 Å². The Kier molecular flexibility index (Phi) is 6.79. The largest absolute Gasteiger partial charge is 0.463 e. The summed E-state index contributed by atoms with van der Waals surface area (Å²) in [6.45, 7) is 12.7. The van der Waals surface area contributed by atoms with Gasteiger partial charge < -0.3 is 10.5 Å². The van der Waals surface area contributed by atoms with Gasteiger partial charge in [0, 0.05) is 37.6 Å². The molecule has 0 amide bonds. The lowest BCUT2D eigenvalue weighted by molar-refractivity contribution is -0.138. The molecule has 0 unspecified atom stereocenters. The summed E-state index contributed by atoms with van der Waals surface area (Å²) >= 11 is 5.13. The van der Waals surface area contributed by atoms with Gasteiger partial charge >= 0.3 is 5.97 Å². The van der Waals surface area contributed by atoms with Crippen LogP contribution in [0.2, 0.25) is 0 Å². The lowest BCUT2D eigenvalue weighted by Crippen LogP contribution is -2.43. The van der Waals surface area contributed by atoms with E-state index < -0.39 is 11.9 Å². The van der Waals surface area contributed by atoms with Crippen LogP contribution in [-0.4, -0.2) is 18.4 Å². The number of esters is 1. The maximum Gasteiger partial charge on any atom is 0.338 e. The number of carbonyl (C=O) groups is 2. The minimum absolute atomic E-state index is 0.0455. The number of ketones is 1. The molecule has 2 aromatic rings. The van der Waals surface area contributed by atoms with Gasteiger partial charge in [0.1, 0.15) is 5.82 Å². The van der Waals surface area contributed by atoms with Gasteiger partial charge in [-0.15, -0.1) is 11.3 Å². The van der Waals surface area contributed by atoms with E-state index in [0.29, 0.717) is 29.8 Å². The van der Waals surface area contributed by atoms with Gasteiger partial charge in [0.2, 0.25) is 0 Å². The predicted molar refractivity (Wildman–Crippen MR) is 145 cm³/mol. The molecule has 35 heavy (non-hydrogen) atoms. The number of hydrogen-bond acceptors (Lipinski definition) is 6. The SMILES string of the molecule is CCOC(=O)C1=C(N)N(c2ccc(Br)cc2)C2=C(C(=O)CC(C)(C)C2)[C@@H]1c1ccc(C(C)(C)C)s1. The zero-order valence-electron chi connectivity index (χ0n) is 21.2. The Labute approximate surface area is 220 Å². The van der Waals surface area contributed by atoms with Crippen LogP contribution in [0.3, 0.4) is 0 Å². The van der Waals surface area contributed by atoms with Crippen molar-refractivity contribution in [2.45, 2.75) is 65.7 Å². The summed E-state index contributed by atoms with van der Waals surface area (Å²) in [5, 5.41) is 0. The molecule has 0 saturated heterocycles. The summed E-state index contributed by atoms with van der Waals surface area (Å²) in [4.78, 5) is 31.2. The lowest BCUT2D eigenvalue weighted by atomic mass is 9.69. The van der Waals surface area contributed by atoms with Gasteiger partial charge in [-0.05, 0) is 60.6 Å². The molecule has 5 nitrogen and oxygen atoms in total. The number of halogens is 1. The molecule has 1 aliphatic carbocycles. The molecular weight excluding hydrogens is 524 g/mol. The minimum Gasteiger partial charge on any atom is -0.463 e. The topological polar surface area (TPSA) is 72.6 Å². The molecule has 186 valence electrons. The molecule has 1 aliphatic heterocycles. The lowest BCUT2D eigenvalue weighted by Gasteiger charge is -2.44. The maximum atomic E-state index is 13.8. The second kappa shape index (κ2) is 9.25. The Morgan fingerprint density at radius 3 is 2.40 bits per heavy atom. The van der Waals surface area contributed by atoms with Crippen molar-refractivity contribution in [3.05, 3.63) is 73.3 Å². The van der Waals surface area contributed by atoms with E-state index in [1.165, 1.54) is 4.88 Å². The third kappa shape index (κ3) is 4.85. The van der Waals surface area contributed by atoms with Crippen molar-refractivity contribution in [3.8, 4) is 0 Å². The van der Waals surface area contributed by atoms with Crippen LogP contribution in [0.4, 0.5) is 5.69 Å². The molecule has 2 N–H and O–H groups in total. The number of carbonyl (C=O) groups excluding carboxylic acids is 2. The number of thiophene rings is 1. The molecular formula is C28H33BrN2O3S. The first kappa shape index (κ1) is 25.7. The van der Waals surface area contributed by atoms with Crippen LogP contribution in [0.15, 0.2) is 63.5 Å². The van der Waals surface area contributed by atoms with Gasteiger partial charge in [0.25, 0.3) is 0 Å². The number of nitrogens with zero attached hydrogens (tertiary/aromatic N) is 1. The first-order valence-corrected chi connectivity index (χ1v) is 13.5. The highest BCUT2D eigenvalue weighted by Crippen LogP contribution is 2.52. The Balaban J connectivity index is 2.00. The van der Waals surface area contributed by atoms with Gasteiger partial charge in [-0.1, -0.05) is 50.5 Å². The molecule has 2 heterocycles. The molecule has 0 spiro atoms. The minimum atomic E-state index is -0.541. The maximum absolute atomic E-state index is 13.8. The van der Waals surface area contributed by atoms with Crippen molar-refractivity contribution < 1.29 is 14.3 Å². The molecule has 0 radical (unpaired) electrons. The standard InChI is InChI=1S/C28H33BrN2O3S/c1-7-34-26(33)24-23(20-12-13-21(35-20)27(2,3)4)22-18(14-28(5,6)15-19(22)32)31(25(24)30)17-10-8-16(29)9-11-17/h8-13,23H,7,14-15,30H2,1-6H3/t23-/m0/s1. The van der Waals surface area contributed by atoms with Crippen LogP contribution in [0.5, 0.6) is 0 Å². The van der Waals surface area contributed by atoms with E-state index in [9.17, 15) is 9.59 Å². The number of rotatable bonds is 4. The average molecular weight is 558 g/mol. The van der Waals surface area contributed by atoms with E-state index >= 15 is 0 Å². The van der Waals surface area contributed by atoms with Crippen molar-refractivity contribution in [1.29, 1.82) is 0 Å². The number of hydrogen-bond donors (Lipinski definition) is 1. The fourth-order valence-electron chi connectivity index (χ4n) is 4.90. The Morgan fingerprint density at radius 2 is 1.83 bits per heavy atom. The average Bonchev–Trinajstić information content (AvgIpc) is 3.24. The van der Waals surface area contributed by atoms with Crippen LogP contribution >= 0.6 is 27.3 Å². The van der Waals surface area contributed by atoms with Gasteiger partial charge in [-0.25, -0.2) is 4.79 Å². The van der Waals surface area contributed by atoms with Crippen LogP contribution in [0.25, 0.3) is 0 Å². The predicted octanol–water partition coefficient (Wildman–Crippen LogP) is 6.79. The number of ether oxygens (including phenoxy) is 1. The summed E-state index contributed by atoms with van der Waals surface area (Å²) in [7, 11) is 0. The van der Waals surface area contributed by atoms with Crippen molar-refractivity contribution >= 4 is 44.7 Å². The number of allylic oxidation sites excluding steroid dienone is 2. The van der Waals surface area contributed by atoms with Crippen LogP contribution in [0, 0.1) is 5.41 Å². The molecule has 2 aliphatic rings. The second-order valence-electron chi connectivity index (χ2n) is 11.0. The van der Waals surface area contributed by atoms with Crippen LogP contribution in [0.1, 0.15) is 70.1 Å². The van der Waals surface area contributed by atoms with Crippen LogP contribution in [-0.2, 0) is 19.7 Å². The quantitative estimate of drug-likeness (QED) is 0.419. The van der Waals surface area contributed by atoms with E-state index in [4.69, 9.17) is 10.5 Å². The highest BCUT2D eigenvalue weighted by molar-refractivity contribution is 9.10. The third-order valence-electron chi connectivity index (χ3n) is 6.49. The molecule has 1 aromatic carbocycles. The van der Waals surface area contributed by atoms with Gasteiger partial charge in [0.05, 0.1) is 18.1 Å².